The molecule has 0 spiro atoms. The number of rotatable bonds is 4. The summed E-state index contributed by atoms with van der Waals surface area (Å²) in [5.74, 6) is 0.534. The standard InChI is InChI=1S/C20H22N2OS2/c1-20(2,3)17(23)12-25-19-14(11-21)18(16-9-6-10-24-16)13-7-4-5-8-15(13)22-19/h6,9-10H,4-5,7-8,12H2,1-3H3. The molecule has 130 valence electrons. The van der Waals surface area contributed by atoms with Crippen LogP contribution in [0, 0.1) is 16.7 Å². The first kappa shape index (κ1) is 18.2. The summed E-state index contributed by atoms with van der Waals surface area (Å²) < 4.78 is 0. The van der Waals surface area contributed by atoms with E-state index in [0.29, 0.717) is 16.3 Å². The average molecular weight is 371 g/mol. The summed E-state index contributed by atoms with van der Waals surface area (Å²) in [4.78, 5) is 18.2. The van der Waals surface area contributed by atoms with Crippen molar-refractivity contribution in [2.24, 2.45) is 5.41 Å². The van der Waals surface area contributed by atoms with E-state index in [1.165, 1.54) is 17.3 Å². The van der Waals surface area contributed by atoms with Gasteiger partial charge >= 0.3 is 0 Å². The van der Waals surface area contributed by atoms with Crippen molar-refractivity contribution in [2.75, 3.05) is 5.75 Å². The van der Waals surface area contributed by atoms with E-state index in [-0.39, 0.29) is 11.2 Å². The number of nitriles is 1. The van der Waals surface area contributed by atoms with Gasteiger partial charge in [0.05, 0.1) is 11.3 Å². The van der Waals surface area contributed by atoms with E-state index < -0.39 is 0 Å². The fourth-order valence-electron chi connectivity index (χ4n) is 2.97. The summed E-state index contributed by atoms with van der Waals surface area (Å²) in [7, 11) is 0. The van der Waals surface area contributed by atoms with Crippen LogP contribution in [0.3, 0.4) is 0 Å². The lowest BCUT2D eigenvalue weighted by atomic mass is 9.89. The first-order valence-electron chi connectivity index (χ1n) is 8.57. The molecule has 3 nitrogen and oxygen atoms in total. The molecule has 0 N–H and O–H groups in total. The van der Waals surface area contributed by atoms with Crippen LogP contribution in [0.1, 0.15) is 50.4 Å². The molecule has 2 aromatic rings. The first-order valence-corrected chi connectivity index (χ1v) is 10.4. The number of nitrogens with zero attached hydrogens (tertiary/aromatic N) is 2. The van der Waals surface area contributed by atoms with Crippen LogP contribution in [-0.2, 0) is 17.6 Å². The molecule has 0 saturated carbocycles. The summed E-state index contributed by atoms with van der Waals surface area (Å²) in [5.41, 5.74) is 3.66. The number of carbonyl (C=O) groups is 1. The molecular weight excluding hydrogens is 348 g/mol. The van der Waals surface area contributed by atoms with Crippen LogP contribution < -0.4 is 0 Å². The van der Waals surface area contributed by atoms with Crippen molar-refractivity contribution in [3.05, 3.63) is 34.3 Å². The fourth-order valence-corrected chi connectivity index (χ4v) is 4.94. The number of hydrogen-bond donors (Lipinski definition) is 0. The van der Waals surface area contributed by atoms with Crippen molar-refractivity contribution in [1.29, 1.82) is 5.26 Å². The summed E-state index contributed by atoms with van der Waals surface area (Å²) >= 11 is 3.07. The van der Waals surface area contributed by atoms with Crippen LogP contribution >= 0.6 is 23.1 Å². The maximum atomic E-state index is 12.3. The number of fused-ring (bicyclic) bond motifs is 1. The molecule has 0 atom stereocenters. The zero-order valence-electron chi connectivity index (χ0n) is 14.9. The molecule has 5 heteroatoms. The monoisotopic (exact) mass is 370 g/mol. The molecule has 0 bridgehead atoms. The lowest BCUT2D eigenvalue weighted by molar-refractivity contribution is -0.123. The van der Waals surface area contributed by atoms with E-state index in [1.54, 1.807) is 11.3 Å². The highest BCUT2D eigenvalue weighted by atomic mass is 32.2. The quantitative estimate of drug-likeness (QED) is 0.688. The van der Waals surface area contributed by atoms with Crippen molar-refractivity contribution in [3.63, 3.8) is 0 Å². The number of aryl methyl sites for hydroxylation is 1. The number of carbonyl (C=O) groups excluding carboxylic acids is 1. The Morgan fingerprint density at radius 2 is 2.12 bits per heavy atom. The van der Waals surface area contributed by atoms with Gasteiger partial charge in [-0.3, -0.25) is 4.79 Å². The third kappa shape index (κ3) is 3.80. The molecule has 0 amide bonds. The topological polar surface area (TPSA) is 53.8 Å². The molecule has 1 aliphatic carbocycles. The molecule has 0 saturated heterocycles. The Morgan fingerprint density at radius 3 is 2.76 bits per heavy atom. The number of pyridine rings is 1. The minimum atomic E-state index is -0.370. The first-order chi connectivity index (χ1) is 11.9. The molecule has 0 aliphatic heterocycles. The molecule has 0 unspecified atom stereocenters. The Hall–Kier alpha value is -1.64. The number of thiophene rings is 1. The van der Waals surface area contributed by atoms with Gasteiger partial charge in [-0.1, -0.05) is 38.6 Å². The molecule has 0 radical (unpaired) electrons. The van der Waals surface area contributed by atoms with Crippen LogP contribution in [-0.4, -0.2) is 16.5 Å². The molecule has 0 aromatic carbocycles. The highest BCUT2D eigenvalue weighted by molar-refractivity contribution is 8.00. The third-order valence-corrected chi connectivity index (χ3v) is 6.36. The van der Waals surface area contributed by atoms with Gasteiger partial charge in [-0.05, 0) is 42.7 Å². The molecule has 1 aliphatic rings. The van der Waals surface area contributed by atoms with E-state index >= 15 is 0 Å². The molecule has 2 heterocycles. The Morgan fingerprint density at radius 1 is 1.36 bits per heavy atom. The zero-order valence-corrected chi connectivity index (χ0v) is 16.5. The van der Waals surface area contributed by atoms with Crippen LogP contribution in [0.2, 0.25) is 0 Å². The molecule has 3 rings (SSSR count). The Labute approximate surface area is 157 Å². The molecule has 2 aromatic heterocycles. The van der Waals surface area contributed by atoms with Gasteiger partial charge in [0, 0.05) is 21.5 Å². The maximum Gasteiger partial charge on any atom is 0.148 e. The summed E-state index contributed by atoms with van der Waals surface area (Å²) in [6.07, 6.45) is 4.23. The van der Waals surface area contributed by atoms with E-state index in [4.69, 9.17) is 4.98 Å². The predicted octanol–water partition coefficient (Wildman–Crippen LogP) is 5.27. The number of aromatic nitrogens is 1. The SMILES string of the molecule is CC(C)(C)C(=O)CSc1nc2c(c(-c3cccs3)c1C#N)CCCC2. The third-order valence-electron chi connectivity index (χ3n) is 4.50. The van der Waals surface area contributed by atoms with Crippen molar-refractivity contribution >= 4 is 28.9 Å². The second-order valence-corrected chi connectivity index (χ2v) is 9.26. The van der Waals surface area contributed by atoms with Crippen LogP contribution in [0.5, 0.6) is 0 Å². The number of Topliss-reactive ketones (excluding diaryl/α,β-unsaturated/α-hetero) is 1. The van der Waals surface area contributed by atoms with Crippen molar-refractivity contribution in [2.45, 2.75) is 51.5 Å². The van der Waals surface area contributed by atoms with Crippen molar-refractivity contribution in [3.8, 4) is 16.5 Å². The van der Waals surface area contributed by atoms with Crippen molar-refractivity contribution in [1.82, 2.24) is 4.98 Å². The van der Waals surface area contributed by atoms with E-state index in [9.17, 15) is 10.1 Å². The lowest BCUT2D eigenvalue weighted by Gasteiger charge is -2.21. The Kier molecular flexibility index (Phi) is 5.31. The summed E-state index contributed by atoms with van der Waals surface area (Å²) in [6, 6.07) is 6.47. The van der Waals surface area contributed by atoms with Gasteiger partial charge in [-0.25, -0.2) is 4.98 Å². The van der Waals surface area contributed by atoms with Gasteiger partial charge in [0.15, 0.2) is 0 Å². The van der Waals surface area contributed by atoms with Gasteiger partial charge < -0.3 is 0 Å². The van der Waals surface area contributed by atoms with Gasteiger partial charge in [-0.15, -0.1) is 11.3 Å². The smallest absolute Gasteiger partial charge is 0.148 e. The van der Waals surface area contributed by atoms with Crippen LogP contribution in [0.15, 0.2) is 22.5 Å². The predicted molar refractivity (Wildman–Crippen MR) is 104 cm³/mol. The van der Waals surface area contributed by atoms with Gasteiger partial charge in [-0.2, -0.15) is 5.26 Å². The van der Waals surface area contributed by atoms with Crippen molar-refractivity contribution < 1.29 is 4.79 Å². The molecule has 0 fully saturated rings. The number of hydrogen-bond acceptors (Lipinski definition) is 5. The minimum absolute atomic E-state index is 0.179. The van der Waals surface area contributed by atoms with Gasteiger partial charge in [0.2, 0.25) is 0 Å². The summed E-state index contributed by atoms with van der Waals surface area (Å²) in [6.45, 7) is 5.79. The van der Waals surface area contributed by atoms with Crippen LogP contribution in [0.25, 0.3) is 10.4 Å². The average Bonchev–Trinajstić information content (AvgIpc) is 3.11. The van der Waals surface area contributed by atoms with E-state index in [0.717, 1.165) is 41.8 Å². The maximum absolute atomic E-state index is 12.3. The second-order valence-electron chi connectivity index (χ2n) is 7.35. The zero-order chi connectivity index (χ0) is 18.0. The number of ketones is 1. The van der Waals surface area contributed by atoms with E-state index in [2.05, 4.69) is 12.1 Å². The summed E-state index contributed by atoms with van der Waals surface area (Å²) in [5, 5.41) is 12.6. The highest BCUT2D eigenvalue weighted by Crippen LogP contribution is 2.39. The van der Waals surface area contributed by atoms with E-state index in [1.807, 2.05) is 32.2 Å². The Balaban J connectivity index is 2.06. The largest absolute Gasteiger partial charge is 0.298 e. The fraction of sp³-hybridized carbons (Fsp3) is 0.450. The lowest BCUT2D eigenvalue weighted by Crippen LogP contribution is -2.22. The number of thioether (sulfide) groups is 1. The molecular formula is C20H22N2OS2. The highest BCUT2D eigenvalue weighted by Gasteiger charge is 2.26. The normalized spacial score (nSPS) is 14.0. The van der Waals surface area contributed by atoms with Gasteiger partial charge in [0.25, 0.3) is 0 Å². The molecule has 25 heavy (non-hydrogen) atoms. The second kappa shape index (κ2) is 7.31. The Bertz CT molecular complexity index is 827. The minimum Gasteiger partial charge on any atom is -0.298 e. The van der Waals surface area contributed by atoms with Crippen LogP contribution in [0.4, 0.5) is 0 Å². The van der Waals surface area contributed by atoms with Gasteiger partial charge in [0.1, 0.15) is 16.9 Å².